The molecule has 0 aromatic heterocycles. The van der Waals surface area contributed by atoms with Gasteiger partial charge in [0.1, 0.15) is 19.3 Å². The van der Waals surface area contributed by atoms with E-state index in [9.17, 15) is 22.8 Å². The number of aliphatic carboxylic acids is 1. The number of alkyl halides is 3. The van der Waals surface area contributed by atoms with E-state index in [1.54, 1.807) is 5.32 Å². The van der Waals surface area contributed by atoms with Gasteiger partial charge in [0.2, 0.25) is 5.91 Å². The van der Waals surface area contributed by atoms with E-state index < -0.39 is 43.9 Å². The number of hydrogen-bond acceptors (Lipinski definition) is 4. The SMILES string of the molecule is O=C(COCC(F)(F)F)N[C@@H](CO)C(=O)O. The molecule has 0 spiro atoms. The Hall–Kier alpha value is -1.35. The fourth-order valence-electron chi connectivity index (χ4n) is 0.681. The molecule has 0 saturated heterocycles. The van der Waals surface area contributed by atoms with Crippen molar-refractivity contribution in [3.05, 3.63) is 0 Å². The summed E-state index contributed by atoms with van der Waals surface area (Å²) in [4.78, 5) is 21.1. The highest BCUT2D eigenvalue weighted by molar-refractivity contribution is 5.84. The Balaban J connectivity index is 3.86. The zero-order chi connectivity index (χ0) is 12.8. The van der Waals surface area contributed by atoms with Crippen LogP contribution in [-0.2, 0) is 14.3 Å². The van der Waals surface area contributed by atoms with Crippen LogP contribution in [0.15, 0.2) is 0 Å². The van der Waals surface area contributed by atoms with Gasteiger partial charge in [0, 0.05) is 0 Å². The fraction of sp³-hybridized carbons (Fsp3) is 0.714. The summed E-state index contributed by atoms with van der Waals surface area (Å²) >= 11 is 0. The molecule has 9 heteroatoms. The molecule has 1 atom stereocenters. The second-order valence-corrected chi connectivity index (χ2v) is 2.75. The van der Waals surface area contributed by atoms with Gasteiger partial charge in [-0.05, 0) is 0 Å². The number of aliphatic hydroxyl groups excluding tert-OH is 1. The minimum absolute atomic E-state index is 0.861. The van der Waals surface area contributed by atoms with Crippen molar-refractivity contribution in [1.29, 1.82) is 0 Å². The topological polar surface area (TPSA) is 95.9 Å². The van der Waals surface area contributed by atoms with Crippen LogP contribution in [0.4, 0.5) is 13.2 Å². The third kappa shape index (κ3) is 7.01. The van der Waals surface area contributed by atoms with Gasteiger partial charge in [-0.1, -0.05) is 0 Å². The first kappa shape index (κ1) is 14.6. The summed E-state index contributed by atoms with van der Waals surface area (Å²) in [6.45, 7) is -3.39. The van der Waals surface area contributed by atoms with E-state index in [1.807, 2.05) is 0 Å². The van der Waals surface area contributed by atoms with Crippen LogP contribution in [0, 0.1) is 0 Å². The molecule has 0 aromatic rings. The van der Waals surface area contributed by atoms with Gasteiger partial charge < -0.3 is 20.3 Å². The van der Waals surface area contributed by atoms with Gasteiger partial charge in [0.05, 0.1) is 6.61 Å². The van der Waals surface area contributed by atoms with Crippen molar-refractivity contribution in [2.45, 2.75) is 12.2 Å². The van der Waals surface area contributed by atoms with E-state index in [2.05, 4.69) is 4.74 Å². The van der Waals surface area contributed by atoms with E-state index in [0.29, 0.717) is 0 Å². The summed E-state index contributed by atoms with van der Waals surface area (Å²) in [5, 5.41) is 18.6. The Morgan fingerprint density at radius 1 is 1.38 bits per heavy atom. The minimum atomic E-state index is -4.55. The molecule has 1 amide bonds. The first-order valence-corrected chi connectivity index (χ1v) is 4.04. The zero-order valence-corrected chi connectivity index (χ0v) is 7.95. The number of hydrogen-bond donors (Lipinski definition) is 3. The Morgan fingerprint density at radius 2 is 1.94 bits per heavy atom. The van der Waals surface area contributed by atoms with Gasteiger partial charge >= 0.3 is 12.1 Å². The number of carbonyl (C=O) groups excluding carboxylic acids is 1. The molecule has 0 aliphatic carbocycles. The lowest BCUT2D eigenvalue weighted by atomic mass is 10.3. The second kappa shape index (κ2) is 6.28. The largest absolute Gasteiger partial charge is 0.480 e. The van der Waals surface area contributed by atoms with Crippen LogP contribution < -0.4 is 5.32 Å². The molecule has 0 bridgehead atoms. The molecular weight excluding hydrogens is 235 g/mol. The van der Waals surface area contributed by atoms with Crippen LogP contribution in [0.3, 0.4) is 0 Å². The maximum Gasteiger partial charge on any atom is 0.411 e. The maximum atomic E-state index is 11.6. The molecule has 0 unspecified atom stereocenters. The number of aliphatic hydroxyl groups is 1. The van der Waals surface area contributed by atoms with Gasteiger partial charge in [-0.3, -0.25) is 4.79 Å². The molecule has 94 valence electrons. The van der Waals surface area contributed by atoms with Crippen molar-refractivity contribution in [2.24, 2.45) is 0 Å². The van der Waals surface area contributed by atoms with Crippen molar-refractivity contribution in [3.63, 3.8) is 0 Å². The highest BCUT2D eigenvalue weighted by Gasteiger charge is 2.28. The minimum Gasteiger partial charge on any atom is -0.480 e. The number of carboxylic acids is 1. The maximum absolute atomic E-state index is 11.6. The van der Waals surface area contributed by atoms with Crippen molar-refractivity contribution < 1.29 is 37.7 Å². The van der Waals surface area contributed by atoms with Crippen LogP contribution in [0.5, 0.6) is 0 Å². The number of carboxylic acid groups (broad SMARTS) is 1. The Morgan fingerprint density at radius 3 is 2.31 bits per heavy atom. The average Bonchev–Trinajstić information content (AvgIpc) is 2.11. The van der Waals surface area contributed by atoms with E-state index in [-0.39, 0.29) is 0 Å². The summed E-state index contributed by atoms with van der Waals surface area (Å²) < 4.78 is 38.7. The molecular formula is C7H10F3NO5. The summed E-state index contributed by atoms with van der Waals surface area (Å²) in [5.41, 5.74) is 0. The molecule has 3 N–H and O–H groups in total. The van der Waals surface area contributed by atoms with Crippen LogP contribution in [0.1, 0.15) is 0 Å². The first-order valence-electron chi connectivity index (χ1n) is 4.04. The van der Waals surface area contributed by atoms with Gasteiger partial charge in [0.15, 0.2) is 0 Å². The van der Waals surface area contributed by atoms with Gasteiger partial charge in [0.25, 0.3) is 0 Å². The van der Waals surface area contributed by atoms with E-state index >= 15 is 0 Å². The highest BCUT2D eigenvalue weighted by atomic mass is 19.4. The summed E-state index contributed by atoms with van der Waals surface area (Å²) in [7, 11) is 0. The molecule has 0 saturated carbocycles. The molecule has 0 heterocycles. The predicted molar refractivity (Wildman–Crippen MR) is 43.5 cm³/mol. The summed E-state index contributed by atoms with van der Waals surface area (Å²) in [6, 6.07) is -1.55. The molecule has 0 rings (SSSR count). The number of rotatable bonds is 6. The van der Waals surface area contributed by atoms with Crippen LogP contribution in [0.25, 0.3) is 0 Å². The monoisotopic (exact) mass is 245 g/mol. The fourth-order valence-corrected chi connectivity index (χ4v) is 0.681. The molecule has 0 fully saturated rings. The van der Waals surface area contributed by atoms with Gasteiger partial charge in [-0.2, -0.15) is 13.2 Å². The van der Waals surface area contributed by atoms with Gasteiger partial charge in [-0.15, -0.1) is 0 Å². The highest BCUT2D eigenvalue weighted by Crippen LogP contribution is 2.13. The molecule has 0 aliphatic heterocycles. The number of nitrogens with one attached hydrogen (secondary N) is 1. The molecule has 6 nitrogen and oxygen atoms in total. The number of ether oxygens (including phenoxy) is 1. The number of amides is 1. The van der Waals surface area contributed by atoms with E-state index in [4.69, 9.17) is 10.2 Å². The summed E-state index contributed by atoms with van der Waals surface area (Å²) in [6.07, 6.45) is -4.55. The normalized spacial score (nSPS) is 13.2. The Kier molecular flexibility index (Phi) is 5.75. The number of carbonyl (C=O) groups is 2. The first-order chi connectivity index (χ1) is 7.26. The van der Waals surface area contributed by atoms with Crippen molar-refractivity contribution in [2.75, 3.05) is 19.8 Å². The van der Waals surface area contributed by atoms with Crippen molar-refractivity contribution in [3.8, 4) is 0 Å². The standard InChI is InChI=1S/C7H10F3NO5/c8-7(9,10)3-16-2-5(13)11-4(1-12)6(14)15/h4,12H,1-3H2,(H,11,13)(H,14,15)/t4-/m0/s1. The third-order valence-corrected chi connectivity index (χ3v) is 1.31. The van der Waals surface area contributed by atoms with E-state index in [0.717, 1.165) is 0 Å². The lowest BCUT2D eigenvalue weighted by Gasteiger charge is -2.12. The second-order valence-electron chi connectivity index (χ2n) is 2.75. The lowest BCUT2D eigenvalue weighted by Crippen LogP contribution is -2.45. The Labute approximate surface area is 88.0 Å². The molecule has 0 aliphatic rings. The predicted octanol–water partition coefficient (Wildman–Crippen LogP) is -0.873. The quantitative estimate of drug-likeness (QED) is 0.565. The lowest BCUT2D eigenvalue weighted by molar-refractivity contribution is -0.176. The van der Waals surface area contributed by atoms with Crippen LogP contribution >= 0.6 is 0 Å². The van der Waals surface area contributed by atoms with Crippen molar-refractivity contribution in [1.82, 2.24) is 5.32 Å². The van der Waals surface area contributed by atoms with E-state index in [1.165, 1.54) is 0 Å². The number of halogens is 3. The van der Waals surface area contributed by atoms with Gasteiger partial charge in [-0.25, -0.2) is 4.79 Å². The average molecular weight is 245 g/mol. The molecule has 0 radical (unpaired) electrons. The zero-order valence-electron chi connectivity index (χ0n) is 7.95. The third-order valence-electron chi connectivity index (χ3n) is 1.31. The summed E-state index contributed by atoms with van der Waals surface area (Å²) in [5.74, 6) is -2.54. The van der Waals surface area contributed by atoms with Crippen LogP contribution in [0.2, 0.25) is 0 Å². The van der Waals surface area contributed by atoms with Crippen LogP contribution in [-0.4, -0.2) is 54.1 Å². The van der Waals surface area contributed by atoms with Crippen molar-refractivity contribution >= 4 is 11.9 Å². The molecule has 16 heavy (non-hydrogen) atoms. The Bertz CT molecular complexity index is 255. The molecule has 0 aromatic carbocycles. The smallest absolute Gasteiger partial charge is 0.411 e.